The van der Waals surface area contributed by atoms with Gasteiger partial charge in [0.15, 0.2) is 0 Å². The van der Waals surface area contributed by atoms with Crippen molar-refractivity contribution in [3.63, 3.8) is 0 Å². The first-order chi connectivity index (χ1) is 32.7. The van der Waals surface area contributed by atoms with Gasteiger partial charge in [0.2, 0.25) is 23.0 Å². The summed E-state index contributed by atoms with van der Waals surface area (Å²) >= 11 is 17.7. The van der Waals surface area contributed by atoms with Crippen LogP contribution in [0.1, 0.15) is 51.4 Å². The van der Waals surface area contributed by atoms with E-state index in [4.69, 9.17) is 44.8 Å². The van der Waals surface area contributed by atoms with Crippen LogP contribution in [0.3, 0.4) is 0 Å². The van der Waals surface area contributed by atoms with Crippen LogP contribution in [0.4, 0.5) is 11.9 Å². The molecule has 2 aliphatic carbocycles. The summed E-state index contributed by atoms with van der Waals surface area (Å²) in [4.78, 5) is 53.5. The molecule has 0 radical (unpaired) electrons. The normalized spacial score (nSPS) is 21.3. The summed E-state index contributed by atoms with van der Waals surface area (Å²) in [5.74, 6) is 1.32. The molecule has 2 aliphatic heterocycles. The lowest BCUT2D eigenvalue weighted by molar-refractivity contribution is -0.128. The average molecular weight is 966 g/mol. The Balaban J connectivity index is 0.000000166. The highest BCUT2D eigenvalue weighted by Crippen LogP contribution is 2.35. The number of allylic oxidation sites excluding steroid dienone is 1. The fraction of sp³-hybridized carbons (Fsp3) is 0.400. The van der Waals surface area contributed by atoms with E-state index < -0.39 is 5.24 Å². The minimum Gasteiger partial charge on any atom is -0.360 e. The van der Waals surface area contributed by atoms with E-state index in [1.807, 2.05) is 47.6 Å². The molecule has 10 rings (SSSR count). The van der Waals surface area contributed by atoms with Gasteiger partial charge >= 0.3 is 0 Å². The summed E-state index contributed by atoms with van der Waals surface area (Å²) in [6.07, 6.45) is 19.1. The number of aromatic amines is 2. The van der Waals surface area contributed by atoms with Gasteiger partial charge in [-0.2, -0.15) is 0 Å². The highest BCUT2D eigenvalue weighted by atomic mass is 35.5. The Hall–Kier alpha value is -5.35. The molecule has 4 atom stereocenters. The molecule has 1 amide bonds. The summed E-state index contributed by atoms with van der Waals surface area (Å²) in [5.41, 5.74) is 5.64. The lowest BCUT2D eigenvalue weighted by Crippen LogP contribution is -2.53. The van der Waals surface area contributed by atoms with E-state index in [1.165, 1.54) is 25.3 Å². The van der Waals surface area contributed by atoms with Crippen LogP contribution < -0.4 is 16.0 Å². The monoisotopic (exact) mass is 964 g/mol. The largest absolute Gasteiger partial charge is 0.360 e. The van der Waals surface area contributed by atoms with Crippen molar-refractivity contribution in [1.29, 1.82) is 0 Å². The summed E-state index contributed by atoms with van der Waals surface area (Å²) in [6, 6.07) is 18.2. The van der Waals surface area contributed by atoms with Crippen molar-refractivity contribution in [3.8, 4) is 22.5 Å². The summed E-state index contributed by atoms with van der Waals surface area (Å²) in [6.45, 7) is 14.6. The van der Waals surface area contributed by atoms with Crippen LogP contribution >= 0.6 is 34.8 Å². The Labute approximate surface area is 407 Å². The highest BCUT2D eigenvalue weighted by Gasteiger charge is 2.31. The highest BCUT2D eigenvalue weighted by molar-refractivity contribution is 6.66. The van der Waals surface area contributed by atoms with E-state index >= 15 is 0 Å². The van der Waals surface area contributed by atoms with Gasteiger partial charge in [-0.05, 0) is 87.3 Å². The van der Waals surface area contributed by atoms with Crippen LogP contribution in [0.2, 0.25) is 10.0 Å². The van der Waals surface area contributed by atoms with Gasteiger partial charge in [-0.25, -0.2) is 19.9 Å². The Morgan fingerprint density at radius 3 is 1.58 bits per heavy atom. The van der Waals surface area contributed by atoms with E-state index in [0.29, 0.717) is 46.1 Å². The molecule has 0 spiro atoms. The molecule has 4 aliphatic rings. The standard InChI is InChI=1S/C25H29ClN6O.C22H27ClN6.C3H3ClO/c1-2-23(33)32-12-10-31(11-13-32)18-7-5-6-17(14-18)29-25-28-16-21(26)24(30-25)20-15-27-22-9-4-3-8-19(20)22;23-19-14-26-22(28-21(19)18-13-25-20-7-2-1-6-17(18)20)27-15-4-3-5-16(12-15)29-10-8-24-9-11-29;1-2-3(4)5/h2-4,8-9,15-18,27H,1,5-7,10-14H2,(H,28,29,30);1-2,6-7,13-16,24-25H,3-5,8-12H2,(H,26,27,28);2H,1H2/t17-,18?;15-,16?;/m11./s1. The molecule has 4 fully saturated rings. The number of nitrogens with one attached hydrogen (secondary N) is 5. The minimum atomic E-state index is -0.509. The van der Waals surface area contributed by atoms with Crippen LogP contribution in [-0.2, 0) is 9.59 Å². The second-order valence-corrected chi connectivity index (χ2v) is 18.6. The van der Waals surface area contributed by atoms with Crippen molar-refractivity contribution in [2.75, 3.05) is 63.0 Å². The quantitative estimate of drug-likeness (QED) is 0.0658. The lowest BCUT2D eigenvalue weighted by Gasteiger charge is -2.42. The first-order valence-corrected chi connectivity index (χ1v) is 24.4. The molecule has 67 heavy (non-hydrogen) atoms. The zero-order valence-electron chi connectivity index (χ0n) is 37.7. The zero-order valence-corrected chi connectivity index (χ0v) is 40.0. The van der Waals surface area contributed by atoms with Gasteiger partial charge in [0.25, 0.3) is 0 Å². The van der Waals surface area contributed by atoms with Crippen molar-refractivity contribution in [2.24, 2.45) is 0 Å². The smallest absolute Gasteiger partial charge is 0.246 e. The maximum absolute atomic E-state index is 11.9. The molecule has 17 heteroatoms. The van der Waals surface area contributed by atoms with Gasteiger partial charge in [0.1, 0.15) is 0 Å². The number of aromatic nitrogens is 6. The van der Waals surface area contributed by atoms with E-state index in [9.17, 15) is 9.59 Å². The van der Waals surface area contributed by atoms with Crippen molar-refractivity contribution in [3.05, 3.63) is 109 Å². The van der Waals surface area contributed by atoms with Gasteiger partial charge in [-0.3, -0.25) is 19.4 Å². The number of halogens is 3. The zero-order chi connectivity index (χ0) is 46.7. The molecular weight excluding hydrogens is 907 g/mol. The number of benzene rings is 2. The summed E-state index contributed by atoms with van der Waals surface area (Å²) in [5, 5.41) is 13.4. The van der Waals surface area contributed by atoms with E-state index in [2.05, 4.69) is 77.0 Å². The first-order valence-electron chi connectivity index (χ1n) is 23.3. The van der Waals surface area contributed by atoms with Crippen molar-refractivity contribution in [2.45, 2.75) is 75.5 Å². The molecule has 6 aromatic rings. The number of carbonyl (C=O) groups excluding carboxylic acids is 2. The second-order valence-electron chi connectivity index (χ2n) is 17.5. The number of carbonyl (C=O) groups is 2. The SMILES string of the molecule is C=CC(=O)Cl.C=CC(=O)N1CCN(C2CCC[C@@H](Nc3ncc(Cl)c(-c4c[nH]c5ccccc45)n3)C2)CC1.Clc1cnc(N[C@@H]2CCCC(N3CCNCC3)C2)nc1-c1c[nH]c2ccccc12. The number of amides is 1. The number of anilines is 2. The number of fused-ring (bicyclic) bond motifs is 2. The molecule has 6 heterocycles. The Bertz CT molecular complexity index is 2640. The van der Waals surface area contributed by atoms with Gasteiger partial charge in [0.05, 0.1) is 33.8 Å². The van der Waals surface area contributed by atoms with Crippen molar-refractivity contribution >= 4 is 79.7 Å². The molecule has 352 valence electrons. The first kappa shape index (κ1) is 48.1. The van der Waals surface area contributed by atoms with Gasteiger partial charge in [-0.1, -0.05) is 72.8 Å². The average Bonchev–Trinajstić information content (AvgIpc) is 4.01. The van der Waals surface area contributed by atoms with Crippen LogP contribution in [0.25, 0.3) is 44.3 Å². The van der Waals surface area contributed by atoms with Gasteiger partial charge in [0, 0.05) is 122 Å². The Kier molecular flexibility index (Phi) is 16.6. The number of rotatable bonds is 10. The van der Waals surface area contributed by atoms with Crippen LogP contribution in [0.5, 0.6) is 0 Å². The fourth-order valence-electron chi connectivity index (χ4n) is 9.89. The van der Waals surface area contributed by atoms with E-state index in [0.717, 1.165) is 135 Å². The third-order valence-electron chi connectivity index (χ3n) is 13.3. The number of hydrogen-bond donors (Lipinski definition) is 5. The molecule has 4 aromatic heterocycles. The fourth-order valence-corrected chi connectivity index (χ4v) is 10.3. The minimum absolute atomic E-state index is 0.0312. The van der Waals surface area contributed by atoms with Crippen molar-refractivity contribution < 1.29 is 9.59 Å². The molecule has 2 saturated carbocycles. The Morgan fingerprint density at radius 2 is 1.12 bits per heavy atom. The number of H-pyrrole nitrogens is 2. The molecule has 0 bridgehead atoms. The van der Waals surface area contributed by atoms with E-state index in [1.54, 1.807) is 12.4 Å². The number of para-hydroxylation sites is 2. The van der Waals surface area contributed by atoms with Crippen LogP contribution in [0.15, 0.2) is 98.6 Å². The van der Waals surface area contributed by atoms with Crippen LogP contribution in [-0.4, -0.2) is 132 Å². The molecule has 5 N–H and O–H groups in total. The second kappa shape index (κ2) is 23.1. The number of piperazine rings is 2. The summed E-state index contributed by atoms with van der Waals surface area (Å²) in [7, 11) is 0. The van der Waals surface area contributed by atoms with Gasteiger partial charge in [-0.15, -0.1) is 0 Å². The molecular formula is C50H59Cl3N12O2. The maximum Gasteiger partial charge on any atom is 0.246 e. The third-order valence-corrected chi connectivity index (χ3v) is 14.0. The molecule has 2 unspecified atom stereocenters. The predicted octanol–water partition coefficient (Wildman–Crippen LogP) is 9.18. The summed E-state index contributed by atoms with van der Waals surface area (Å²) < 4.78 is 0. The molecule has 2 saturated heterocycles. The number of hydrogen-bond acceptors (Lipinski definition) is 11. The predicted molar refractivity (Wildman–Crippen MR) is 272 cm³/mol. The number of nitrogens with zero attached hydrogens (tertiary/aromatic N) is 7. The maximum atomic E-state index is 11.9. The molecule has 2 aromatic carbocycles. The third kappa shape index (κ3) is 12.2. The Morgan fingerprint density at radius 1 is 0.657 bits per heavy atom. The molecule has 14 nitrogen and oxygen atoms in total. The van der Waals surface area contributed by atoms with E-state index in [-0.39, 0.29) is 5.91 Å². The van der Waals surface area contributed by atoms with Gasteiger partial charge < -0.3 is 30.8 Å². The topological polar surface area (TPSA) is 163 Å². The van der Waals surface area contributed by atoms with Crippen LogP contribution in [0, 0.1) is 0 Å². The van der Waals surface area contributed by atoms with Crippen molar-refractivity contribution in [1.82, 2.24) is 49.9 Å². The lowest BCUT2D eigenvalue weighted by atomic mass is 9.89.